The largest absolute Gasteiger partial charge is 0.493 e. The Balaban J connectivity index is 1.77. The third-order valence-corrected chi connectivity index (χ3v) is 5.34. The summed E-state index contributed by atoms with van der Waals surface area (Å²) >= 11 is 0. The highest BCUT2D eigenvalue weighted by atomic mass is 16.5. The van der Waals surface area contributed by atoms with Gasteiger partial charge in [-0.3, -0.25) is 0 Å². The first-order valence-electron chi connectivity index (χ1n) is 10.8. The Morgan fingerprint density at radius 3 is 2.34 bits per heavy atom. The van der Waals surface area contributed by atoms with E-state index >= 15 is 0 Å². The SMILES string of the molecule is CCNC(=NCc1ccc(OCCO)c(OC)c1)N1CCc2cc(OC)c(OC)cc2C1. The third kappa shape index (κ3) is 5.56. The van der Waals surface area contributed by atoms with E-state index in [2.05, 4.69) is 29.3 Å². The van der Waals surface area contributed by atoms with Gasteiger partial charge in [0, 0.05) is 19.6 Å². The monoisotopic (exact) mass is 443 g/mol. The summed E-state index contributed by atoms with van der Waals surface area (Å²) in [6.07, 6.45) is 0.908. The quantitative estimate of drug-likeness (QED) is 0.455. The van der Waals surface area contributed by atoms with Crippen molar-refractivity contribution in [3.8, 4) is 23.0 Å². The van der Waals surface area contributed by atoms with Crippen LogP contribution in [0.15, 0.2) is 35.3 Å². The molecule has 174 valence electrons. The van der Waals surface area contributed by atoms with Crippen molar-refractivity contribution in [3.63, 3.8) is 0 Å². The third-order valence-electron chi connectivity index (χ3n) is 5.34. The molecule has 0 amide bonds. The summed E-state index contributed by atoms with van der Waals surface area (Å²) in [5.74, 6) is 3.61. The van der Waals surface area contributed by atoms with Gasteiger partial charge in [0.2, 0.25) is 0 Å². The minimum absolute atomic E-state index is 0.0428. The first-order valence-corrected chi connectivity index (χ1v) is 10.8. The van der Waals surface area contributed by atoms with Crippen molar-refractivity contribution >= 4 is 5.96 Å². The summed E-state index contributed by atoms with van der Waals surface area (Å²) in [4.78, 5) is 7.12. The van der Waals surface area contributed by atoms with Gasteiger partial charge in [-0.15, -0.1) is 0 Å². The highest BCUT2D eigenvalue weighted by Crippen LogP contribution is 2.33. The first-order chi connectivity index (χ1) is 15.6. The fraction of sp³-hybridized carbons (Fsp3) is 0.458. The van der Waals surface area contributed by atoms with Crippen molar-refractivity contribution in [2.45, 2.75) is 26.4 Å². The number of aliphatic hydroxyl groups excluding tert-OH is 1. The van der Waals surface area contributed by atoms with Crippen LogP contribution in [0.1, 0.15) is 23.6 Å². The van der Waals surface area contributed by atoms with Gasteiger partial charge < -0.3 is 34.3 Å². The molecule has 2 aromatic carbocycles. The average molecular weight is 444 g/mol. The fourth-order valence-electron chi connectivity index (χ4n) is 3.74. The van der Waals surface area contributed by atoms with Gasteiger partial charge in [0.1, 0.15) is 6.61 Å². The van der Waals surface area contributed by atoms with Gasteiger partial charge in [-0.1, -0.05) is 6.07 Å². The van der Waals surface area contributed by atoms with Gasteiger partial charge >= 0.3 is 0 Å². The number of ether oxygens (including phenoxy) is 4. The number of hydrogen-bond donors (Lipinski definition) is 2. The zero-order valence-corrected chi connectivity index (χ0v) is 19.3. The number of benzene rings is 2. The molecule has 0 saturated heterocycles. The standard InChI is InChI=1S/C24H33N3O5/c1-5-25-24(26-15-17-6-7-20(32-11-10-28)21(12-17)29-2)27-9-8-18-13-22(30-3)23(31-4)14-19(18)16-27/h6-7,12-14,28H,5,8-11,15-16H2,1-4H3,(H,25,26). The van der Waals surface area contributed by atoms with E-state index in [-0.39, 0.29) is 13.2 Å². The first kappa shape index (κ1) is 23.5. The van der Waals surface area contributed by atoms with Gasteiger partial charge in [-0.05, 0) is 54.3 Å². The fourth-order valence-corrected chi connectivity index (χ4v) is 3.74. The van der Waals surface area contributed by atoms with Crippen LogP contribution < -0.4 is 24.3 Å². The Hall–Kier alpha value is -3.13. The Bertz CT molecular complexity index is 932. The highest BCUT2D eigenvalue weighted by molar-refractivity contribution is 5.80. The van der Waals surface area contributed by atoms with Crippen molar-refractivity contribution in [2.24, 2.45) is 4.99 Å². The second kappa shape index (κ2) is 11.5. The Morgan fingerprint density at radius 2 is 1.69 bits per heavy atom. The molecule has 2 N–H and O–H groups in total. The summed E-state index contributed by atoms with van der Waals surface area (Å²) in [5, 5.41) is 12.4. The molecule has 0 spiro atoms. The van der Waals surface area contributed by atoms with Crippen molar-refractivity contribution in [1.82, 2.24) is 10.2 Å². The number of guanidine groups is 1. The van der Waals surface area contributed by atoms with E-state index in [9.17, 15) is 0 Å². The maximum Gasteiger partial charge on any atom is 0.194 e. The van der Waals surface area contributed by atoms with Crippen LogP contribution in [0.4, 0.5) is 0 Å². The van der Waals surface area contributed by atoms with Crippen molar-refractivity contribution in [1.29, 1.82) is 0 Å². The lowest BCUT2D eigenvalue weighted by atomic mass is 9.99. The smallest absolute Gasteiger partial charge is 0.194 e. The van der Waals surface area contributed by atoms with E-state index in [1.165, 1.54) is 11.1 Å². The summed E-state index contributed by atoms with van der Waals surface area (Å²) in [5.41, 5.74) is 3.50. The molecule has 0 aromatic heterocycles. The summed E-state index contributed by atoms with van der Waals surface area (Å²) in [6, 6.07) is 9.86. The van der Waals surface area contributed by atoms with E-state index in [1.807, 2.05) is 18.2 Å². The van der Waals surface area contributed by atoms with Gasteiger partial charge in [-0.2, -0.15) is 0 Å². The van der Waals surface area contributed by atoms with E-state index in [4.69, 9.17) is 29.0 Å². The number of aliphatic hydroxyl groups is 1. The molecule has 2 aromatic rings. The molecular formula is C24H33N3O5. The molecule has 8 nitrogen and oxygen atoms in total. The van der Waals surface area contributed by atoms with Crippen molar-refractivity contribution in [2.75, 3.05) is 47.6 Å². The molecule has 0 saturated carbocycles. The molecule has 0 atom stereocenters. The Labute approximate surface area is 189 Å². The molecule has 0 fully saturated rings. The minimum Gasteiger partial charge on any atom is -0.493 e. The highest BCUT2D eigenvalue weighted by Gasteiger charge is 2.21. The normalized spacial score (nSPS) is 13.4. The number of nitrogens with zero attached hydrogens (tertiary/aromatic N) is 2. The van der Waals surface area contributed by atoms with E-state index < -0.39 is 0 Å². The topological polar surface area (TPSA) is 84.8 Å². The predicted molar refractivity (Wildman–Crippen MR) is 124 cm³/mol. The van der Waals surface area contributed by atoms with Crippen LogP contribution in [0.3, 0.4) is 0 Å². The maximum atomic E-state index is 8.97. The van der Waals surface area contributed by atoms with Crippen molar-refractivity contribution in [3.05, 3.63) is 47.0 Å². The van der Waals surface area contributed by atoms with E-state index in [0.29, 0.717) is 18.0 Å². The van der Waals surface area contributed by atoms with Gasteiger partial charge in [0.15, 0.2) is 29.0 Å². The number of aliphatic imine (C=N–C) groups is 1. The number of methoxy groups -OCH3 is 3. The Morgan fingerprint density at radius 1 is 1.00 bits per heavy atom. The summed E-state index contributed by atoms with van der Waals surface area (Å²) in [6.45, 7) is 5.16. The van der Waals surface area contributed by atoms with Gasteiger partial charge in [0.05, 0.1) is 34.5 Å². The lowest BCUT2D eigenvalue weighted by Crippen LogP contribution is -2.44. The zero-order chi connectivity index (χ0) is 22.9. The zero-order valence-electron chi connectivity index (χ0n) is 19.3. The summed E-state index contributed by atoms with van der Waals surface area (Å²) < 4.78 is 21.9. The lowest BCUT2D eigenvalue weighted by molar-refractivity contribution is 0.196. The second-order valence-electron chi connectivity index (χ2n) is 7.37. The second-order valence-corrected chi connectivity index (χ2v) is 7.37. The van der Waals surface area contributed by atoms with E-state index in [0.717, 1.165) is 49.1 Å². The molecule has 0 aliphatic carbocycles. The molecule has 3 rings (SSSR count). The van der Waals surface area contributed by atoms with Crippen LogP contribution in [0, 0.1) is 0 Å². The molecule has 8 heteroatoms. The molecule has 0 radical (unpaired) electrons. The average Bonchev–Trinajstić information content (AvgIpc) is 2.84. The number of hydrogen-bond acceptors (Lipinski definition) is 6. The molecule has 0 bridgehead atoms. The summed E-state index contributed by atoms with van der Waals surface area (Å²) in [7, 11) is 4.92. The van der Waals surface area contributed by atoms with E-state index in [1.54, 1.807) is 21.3 Å². The molecule has 0 unspecified atom stereocenters. The van der Waals surface area contributed by atoms with Crippen molar-refractivity contribution < 1.29 is 24.1 Å². The van der Waals surface area contributed by atoms with Crippen LogP contribution >= 0.6 is 0 Å². The molecule has 1 aliphatic heterocycles. The molecular weight excluding hydrogens is 410 g/mol. The maximum absolute atomic E-state index is 8.97. The molecule has 1 aliphatic rings. The van der Waals surface area contributed by atoms with Crippen LogP contribution in [0.2, 0.25) is 0 Å². The van der Waals surface area contributed by atoms with Crippen LogP contribution in [-0.4, -0.2) is 63.6 Å². The predicted octanol–water partition coefficient (Wildman–Crippen LogP) is 2.61. The minimum atomic E-state index is -0.0428. The number of nitrogens with one attached hydrogen (secondary N) is 1. The van der Waals surface area contributed by atoms with Crippen LogP contribution in [0.25, 0.3) is 0 Å². The molecule has 1 heterocycles. The van der Waals surface area contributed by atoms with Crippen LogP contribution in [0.5, 0.6) is 23.0 Å². The number of rotatable bonds is 9. The van der Waals surface area contributed by atoms with Gasteiger partial charge in [0.25, 0.3) is 0 Å². The Kier molecular flexibility index (Phi) is 8.44. The van der Waals surface area contributed by atoms with Crippen LogP contribution in [-0.2, 0) is 19.5 Å². The lowest BCUT2D eigenvalue weighted by Gasteiger charge is -2.32. The number of fused-ring (bicyclic) bond motifs is 1. The van der Waals surface area contributed by atoms with Gasteiger partial charge in [-0.25, -0.2) is 4.99 Å². The molecule has 32 heavy (non-hydrogen) atoms.